The Morgan fingerprint density at radius 1 is 1.32 bits per heavy atom. The second kappa shape index (κ2) is 8.03. The van der Waals surface area contributed by atoms with Crippen LogP contribution in [0, 0.1) is 6.92 Å². The number of halogens is 1. The summed E-state index contributed by atoms with van der Waals surface area (Å²) in [6.45, 7) is 1.63. The molecule has 0 aliphatic carbocycles. The number of sulfonamides is 1. The SMILES string of the molecule is Cc1ccc(Cl)cc1NC(=O)CN1C(=O)CSc2sc(S(=O)(=O)N(C)C)cc21. The van der Waals surface area contributed by atoms with Crippen LogP contribution < -0.4 is 10.2 Å². The average molecular weight is 460 g/mol. The summed E-state index contributed by atoms with van der Waals surface area (Å²) in [6, 6.07) is 6.61. The van der Waals surface area contributed by atoms with Crippen molar-refractivity contribution in [1.82, 2.24) is 4.31 Å². The lowest BCUT2D eigenvalue weighted by Gasteiger charge is -2.26. The highest BCUT2D eigenvalue weighted by Gasteiger charge is 2.32. The largest absolute Gasteiger partial charge is 0.324 e. The van der Waals surface area contributed by atoms with Gasteiger partial charge in [0.15, 0.2) is 0 Å². The molecule has 0 spiro atoms. The number of aryl methyl sites for hydroxylation is 1. The highest BCUT2D eigenvalue weighted by Crippen LogP contribution is 2.44. The maximum absolute atomic E-state index is 12.5. The van der Waals surface area contributed by atoms with Gasteiger partial charge in [0.05, 0.1) is 15.6 Å². The molecule has 2 heterocycles. The molecule has 2 amide bonds. The van der Waals surface area contributed by atoms with Gasteiger partial charge in [-0.05, 0) is 30.7 Å². The number of anilines is 2. The molecule has 28 heavy (non-hydrogen) atoms. The summed E-state index contributed by atoms with van der Waals surface area (Å²) in [7, 11) is -0.715. The van der Waals surface area contributed by atoms with E-state index < -0.39 is 10.0 Å². The summed E-state index contributed by atoms with van der Waals surface area (Å²) in [5.74, 6) is -0.486. The van der Waals surface area contributed by atoms with Crippen molar-refractivity contribution in [1.29, 1.82) is 0 Å². The van der Waals surface area contributed by atoms with Crippen molar-refractivity contribution in [3.63, 3.8) is 0 Å². The molecule has 1 aromatic carbocycles. The second-order valence-electron chi connectivity index (χ2n) is 6.30. The molecule has 150 valence electrons. The van der Waals surface area contributed by atoms with Crippen LogP contribution in [-0.4, -0.2) is 50.9 Å². The average Bonchev–Trinajstić information content (AvgIpc) is 3.06. The molecule has 1 aliphatic heterocycles. The summed E-state index contributed by atoms with van der Waals surface area (Å²) in [4.78, 5) is 26.3. The summed E-state index contributed by atoms with van der Waals surface area (Å²) in [6.07, 6.45) is 0. The minimum atomic E-state index is -3.61. The predicted molar refractivity (Wildman–Crippen MR) is 113 cm³/mol. The molecule has 3 rings (SSSR count). The highest BCUT2D eigenvalue weighted by molar-refractivity contribution is 8.02. The summed E-state index contributed by atoms with van der Waals surface area (Å²) < 4.78 is 26.8. The van der Waals surface area contributed by atoms with Gasteiger partial charge >= 0.3 is 0 Å². The molecular weight excluding hydrogens is 442 g/mol. The Balaban J connectivity index is 1.85. The Morgan fingerprint density at radius 3 is 2.71 bits per heavy atom. The Kier molecular flexibility index (Phi) is 6.06. The third-order valence-electron chi connectivity index (χ3n) is 4.09. The Labute approximate surface area is 176 Å². The van der Waals surface area contributed by atoms with Crippen LogP contribution in [0.4, 0.5) is 11.4 Å². The van der Waals surface area contributed by atoms with Crippen LogP contribution in [0.1, 0.15) is 5.56 Å². The van der Waals surface area contributed by atoms with Gasteiger partial charge in [-0.3, -0.25) is 9.59 Å². The van der Waals surface area contributed by atoms with Crippen molar-refractivity contribution in [3.8, 4) is 0 Å². The normalized spacial score (nSPS) is 14.3. The number of hydrogen-bond acceptors (Lipinski definition) is 6. The van der Waals surface area contributed by atoms with E-state index in [1.165, 1.54) is 36.8 Å². The third-order valence-corrected chi connectivity index (χ3v) is 8.97. The number of carbonyl (C=O) groups is 2. The quantitative estimate of drug-likeness (QED) is 0.742. The van der Waals surface area contributed by atoms with E-state index in [2.05, 4.69) is 5.32 Å². The van der Waals surface area contributed by atoms with Crippen molar-refractivity contribution in [2.24, 2.45) is 0 Å². The number of benzene rings is 1. The van der Waals surface area contributed by atoms with Gasteiger partial charge in [0.25, 0.3) is 10.0 Å². The van der Waals surface area contributed by atoms with Gasteiger partial charge in [-0.15, -0.1) is 23.1 Å². The molecule has 0 unspecified atom stereocenters. The maximum atomic E-state index is 12.5. The molecule has 0 bridgehead atoms. The number of carbonyl (C=O) groups excluding carboxylic acids is 2. The minimum Gasteiger partial charge on any atom is -0.324 e. The molecular formula is C17H18ClN3O4S3. The van der Waals surface area contributed by atoms with Gasteiger partial charge in [0.2, 0.25) is 11.8 Å². The molecule has 1 N–H and O–H groups in total. The van der Waals surface area contributed by atoms with E-state index in [0.29, 0.717) is 20.6 Å². The molecule has 11 heteroatoms. The van der Waals surface area contributed by atoms with Crippen LogP contribution in [0.25, 0.3) is 0 Å². The number of nitrogens with zero attached hydrogens (tertiary/aromatic N) is 2. The number of amides is 2. The zero-order valence-electron chi connectivity index (χ0n) is 15.4. The number of fused-ring (bicyclic) bond motifs is 1. The van der Waals surface area contributed by atoms with Gasteiger partial charge < -0.3 is 10.2 Å². The van der Waals surface area contributed by atoms with Crippen LogP contribution >= 0.6 is 34.7 Å². The van der Waals surface area contributed by atoms with Crippen LogP contribution in [0.15, 0.2) is 32.7 Å². The molecule has 0 atom stereocenters. The molecule has 0 saturated carbocycles. The van der Waals surface area contributed by atoms with Gasteiger partial charge in [0.1, 0.15) is 10.8 Å². The van der Waals surface area contributed by atoms with Gasteiger partial charge in [-0.2, -0.15) is 0 Å². The fourth-order valence-electron chi connectivity index (χ4n) is 2.52. The van der Waals surface area contributed by atoms with Crippen molar-refractivity contribution in [2.45, 2.75) is 15.3 Å². The first-order chi connectivity index (χ1) is 13.1. The number of thiophene rings is 1. The number of hydrogen-bond donors (Lipinski definition) is 1. The molecule has 0 fully saturated rings. The Morgan fingerprint density at radius 2 is 2.04 bits per heavy atom. The first-order valence-corrected chi connectivity index (χ1v) is 11.8. The van der Waals surface area contributed by atoms with Crippen LogP contribution in [0.5, 0.6) is 0 Å². The van der Waals surface area contributed by atoms with Crippen LogP contribution in [0.2, 0.25) is 5.02 Å². The zero-order valence-corrected chi connectivity index (χ0v) is 18.6. The monoisotopic (exact) mass is 459 g/mol. The van der Waals surface area contributed by atoms with Crippen molar-refractivity contribution < 1.29 is 18.0 Å². The molecule has 1 aromatic heterocycles. The van der Waals surface area contributed by atoms with Crippen LogP contribution in [0.3, 0.4) is 0 Å². The molecule has 0 saturated heterocycles. The van der Waals surface area contributed by atoms with Crippen molar-refractivity contribution in [2.75, 3.05) is 36.6 Å². The lowest BCUT2D eigenvalue weighted by atomic mass is 10.2. The molecule has 2 aromatic rings. The fourth-order valence-corrected chi connectivity index (χ4v) is 6.62. The molecule has 7 nitrogen and oxygen atoms in total. The predicted octanol–water partition coefficient (Wildman–Crippen LogP) is 3.04. The van der Waals surface area contributed by atoms with Gasteiger partial charge in [0, 0.05) is 24.8 Å². The second-order valence-corrected chi connectivity index (χ2v) is 11.4. The summed E-state index contributed by atoms with van der Waals surface area (Å²) in [5, 5.41) is 3.25. The van der Waals surface area contributed by atoms with E-state index in [4.69, 9.17) is 11.6 Å². The third kappa shape index (κ3) is 4.20. The van der Waals surface area contributed by atoms with Crippen molar-refractivity contribution >= 4 is 67.9 Å². The number of thioether (sulfide) groups is 1. The lowest BCUT2D eigenvalue weighted by molar-refractivity contribution is -0.120. The summed E-state index contributed by atoms with van der Waals surface area (Å²) >= 11 is 8.36. The smallest absolute Gasteiger partial charge is 0.252 e. The first kappa shape index (κ1) is 21.1. The first-order valence-electron chi connectivity index (χ1n) is 8.15. The van der Waals surface area contributed by atoms with E-state index in [1.54, 1.807) is 18.2 Å². The maximum Gasteiger partial charge on any atom is 0.252 e. The van der Waals surface area contributed by atoms with E-state index in [1.807, 2.05) is 6.92 Å². The standard InChI is InChI=1S/C17H18ClN3O4S3/c1-10-4-5-11(18)6-12(10)19-14(22)8-21-13-7-16(28(24,25)20(2)3)27-17(13)26-9-15(21)23/h4-7H,8-9H2,1-3H3,(H,19,22). The van der Waals surface area contributed by atoms with E-state index in [0.717, 1.165) is 21.2 Å². The highest BCUT2D eigenvalue weighted by atomic mass is 35.5. The van der Waals surface area contributed by atoms with E-state index in [-0.39, 0.29) is 28.3 Å². The molecule has 0 radical (unpaired) electrons. The minimum absolute atomic E-state index is 0.140. The zero-order chi connectivity index (χ0) is 20.6. The van der Waals surface area contributed by atoms with Gasteiger partial charge in [-0.1, -0.05) is 17.7 Å². The lowest BCUT2D eigenvalue weighted by Crippen LogP contribution is -2.40. The summed E-state index contributed by atoms with van der Waals surface area (Å²) in [5.41, 5.74) is 1.86. The Bertz CT molecular complexity index is 1050. The van der Waals surface area contributed by atoms with E-state index in [9.17, 15) is 18.0 Å². The number of rotatable bonds is 5. The van der Waals surface area contributed by atoms with Gasteiger partial charge in [-0.25, -0.2) is 12.7 Å². The van der Waals surface area contributed by atoms with Crippen molar-refractivity contribution in [3.05, 3.63) is 34.9 Å². The molecule has 1 aliphatic rings. The van der Waals surface area contributed by atoms with Crippen LogP contribution in [-0.2, 0) is 19.6 Å². The topological polar surface area (TPSA) is 86.8 Å². The number of nitrogens with one attached hydrogen (secondary N) is 1. The van der Waals surface area contributed by atoms with E-state index >= 15 is 0 Å². The Hall–Kier alpha value is -1.59. The fraction of sp³-hybridized carbons (Fsp3) is 0.294.